The molecule has 33 heavy (non-hydrogen) atoms. The molecule has 6 atom stereocenters. The summed E-state index contributed by atoms with van der Waals surface area (Å²) >= 11 is 0. The van der Waals surface area contributed by atoms with Gasteiger partial charge < -0.3 is 20.7 Å². The summed E-state index contributed by atoms with van der Waals surface area (Å²) < 4.78 is 73.1. The maximum atomic E-state index is 12.5. The van der Waals surface area contributed by atoms with Crippen LogP contribution in [0.15, 0.2) is 12.7 Å². The van der Waals surface area contributed by atoms with Gasteiger partial charge in [0.05, 0.1) is 12.9 Å². The minimum Gasteiger partial charge on any atom is -0.387 e. The van der Waals surface area contributed by atoms with Gasteiger partial charge in [0.25, 0.3) is 0 Å². The van der Waals surface area contributed by atoms with Crippen LogP contribution in [-0.2, 0) is 60.4 Å². The van der Waals surface area contributed by atoms with Crippen LogP contribution in [0.1, 0.15) is 6.23 Å². The molecule has 2 unspecified atom stereocenters. The van der Waals surface area contributed by atoms with Gasteiger partial charge in [-0.2, -0.15) is 8.62 Å². The number of phosphoric acid groups is 3. The molecule has 3 aliphatic rings. The van der Waals surface area contributed by atoms with Crippen molar-refractivity contribution >= 4 is 40.4 Å². The Bertz CT molecular complexity index is 1200. The molecule has 3 fully saturated rings. The molecule has 0 bridgehead atoms. The van der Waals surface area contributed by atoms with E-state index in [0.29, 0.717) is 0 Å². The zero-order valence-corrected chi connectivity index (χ0v) is 18.3. The first-order valence-electron chi connectivity index (χ1n) is 8.52. The molecule has 0 radical (unpaired) electrons. The molecule has 0 spiro atoms. The first kappa shape index (κ1) is 23.3. The Hall–Kier alpha value is -1.44. The number of imidazole rings is 1. The van der Waals surface area contributed by atoms with Crippen molar-refractivity contribution in [2.45, 2.75) is 24.5 Å². The molecule has 2 aromatic rings. The van der Waals surface area contributed by atoms with Gasteiger partial charge >= 0.3 is 23.5 Å². The highest BCUT2D eigenvalue weighted by atomic mass is 31.3. The van der Waals surface area contributed by atoms with Gasteiger partial charge in [0, 0.05) is 0 Å². The third-order valence-corrected chi connectivity index (χ3v) is 8.92. The van der Waals surface area contributed by atoms with Gasteiger partial charge in [-0.15, -0.1) is 0 Å². The summed E-state index contributed by atoms with van der Waals surface area (Å²) in [6.07, 6.45) is -3.22. The molecule has 23 heteroatoms. The number of hydrogen-bond donors (Lipinski definition) is 3. The minimum atomic E-state index is -5.01. The Morgan fingerprint density at radius 1 is 1.00 bits per heavy atom. The number of nitrogens with zero attached hydrogens (tertiary/aromatic N) is 4. The summed E-state index contributed by atoms with van der Waals surface area (Å²) in [7, 11) is -14.4. The van der Waals surface area contributed by atoms with Crippen LogP contribution in [0, 0.1) is 0 Å². The number of ether oxygens (including phenoxy) is 1. The van der Waals surface area contributed by atoms with E-state index in [1.807, 2.05) is 0 Å². The zero-order valence-electron chi connectivity index (χ0n) is 15.6. The second-order valence-corrected chi connectivity index (χ2v) is 11.2. The number of hydrogen-bond acceptors (Lipinski definition) is 19. The number of aliphatic hydroxyl groups is 2. The average Bonchev–Trinajstić information content (AvgIpc) is 3.27. The molecule has 0 aliphatic carbocycles. The first-order valence-corrected chi connectivity index (χ1v) is 12.9. The molecule has 20 nitrogen and oxygen atoms in total. The summed E-state index contributed by atoms with van der Waals surface area (Å²) in [5.41, 5.74) is 6.15. The van der Waals surface area contributed by atoms with Crippen molar-refractivity contribution in [2.24, 2.45) is 0 Å². The third-order valence-electron chi connectivity index (χ3n) is 4.28. The quantitative estimate of drug-likeness (QED) is 0.329. The summed E-state index contributed by atoms with van der Waals surface area (Å²) in [6, 6.07) is 0. The van der Waals surface area contributed by atoms with E-state index >= 15 is 0 Å². The Kier molecular flexibility index (Phi) is 5.90. The Balaban J connectivity index is 1.27. The topological polar surface area (TPSA) is 254 Å². The Labute approximate surface area is 180 Å². The van der Waals surface area contributed by atoms with Gasteiger partial charge in [-0.1, -0.05) is 18.7 Å². The second kappa shape index (κ2) is 8.35. The monoisotopic (exact) mass is 535 g/mol. The molecule has 182 valence electrons. The van der Waals surface area contributed by atoms with Crippen molar-refractivity contribution in [1.29, 1.82) is 0 Å². The first-order chi connectivity index (χ1) is 15.6. The van der Waals surface area contributed by atoms with E-state index in [-0.39, 0.29) is 17.0 Å². The van der Waals surface area contributed by atoms with E-state index in [2.05, 4.69) is 52.3 Å². The standard InChI is InChI=1S/C10H12N5O15P3/c11-8-5-9(13-2-12-8)15(3-14-5)10-7(17)6(16)4(22-10)1-21-31(18)25-23-28-33(20,29-31)30-32(19)26-24-27-32/h2-4,6-7,10,16-17H,1H2,(H2,11,12,13)/t4-,6-,7-,10-,31?,33?/m1/s1. The van der Waals surface area contributed by atoms with Gasteiger partial charge in [0.15, 0.2) is 17.7 Å². The molecule has 0 amide bonds. The van der Waals surface area contributed by atoms with Crippen LogP contribution in [-0.4, -0.2) is 54.7 Å². The molecular weight excluding hydrogens is 523 g/mol. The lowest BCUT2D eigenvalue weighted by molar-refractivity contribution is -0.498. The lowest BCUT2D eigenvalue weighted by Crippen LogP contribution is -2.33. The molecule has 3 aliphatic heterocycles. The minimum absolute atomic E-state index is 0.0804. The number of rotatable bonds is 6. The van der Waals surface area contributed by atoms with E-state index < -0.39 is 54.6 Å². The normalized spacial score (nSPS) is 38.4. The van der Waals surface area contributed by atoms with Gasteiger partial charge in [-0.25, -0.2) is 28.6 Å². The Morgan fingerprint density at radius 3 is 2.42 bits per heavy atom. The second-order valence-electron chi connectivity index (χ2n) is 6.36. The summed E-state index contributed by atoms with van der Waals surface area (Å²) in [5, 5.41) is 28.4. The van der Waals surface area contributed by atoms with Crippen LogP contribution in [0.2, 0.25) is 0 Å². The van der Waals surface area contributed by atoms with Crippen molar-refractivity contribution in [3.05, 3.63) is 12.7 Å². The summed E-state index contributed by atoms with van der Waals surface area (Å²) in [6.45, 7) is -0.757. The largest absolute Gasteiger partial charge is 0.542 e. The smallest absolute Gasteiger partial charge is 0.387 e. The maximum Gasteiger partial charge on any atom is 0.542 e. The van der Waals surface area contributed by atoms with E-state index in [1.54, 1.807) is 0 Å². The van der Waals surface area contributed by atoms with Crippen LogP contribution < -0.4 is 5.73 Å². The zero-order chi connectivity index (χ0) is 23.4. The SMILES string of the molecule is Nc1ncnc2c1ncn2[C@@H]1O[C@H](COP2(=O)OOOP(=O)(OP3(=O)OOO3)O2)[C@@H](O)[C@H]1O. The van der Waals surface area contributed by atoms with Gasteiger partial charge in [-0.3, -0.25) is 9.09 Å². The summed E-state index contributed by atoms with van der Waals surface area (Å²) in [4.78, 5) is 11.8. The van der Waals surface area contributed by atoms with Crippen molar-refractivity contribution in [3.8, 4) is 0 Å². The third kappa shape index (κ3) is 4.37. The number of anilines is 1. The highest BCUT2D eigenvalue weighted by Crippen LogP contribution is 2.77. The van der Waals surface area contributed by atoms with Gasteiger partial charge in [0.2, 0.25) is 0 Å². The average molecular weight is 535 g/mol. The lowest BCUT2D eigenvalue weighted by Gasteiger charge is -2.28. The van der Waals surface area contributed by atoms with E-state index in [4.69, 9.17) is 15.0 Å². The van der Waals surface area contributed by atoms with Gasteiger partial charge in [0.1, 0.15) is 30.2 Å². The van der Waals surface area contributed by atoms with Crippen LogP contribution in [0.5, 0.6) is 0 Å². The van der Waals surface area contributed by atoms with Crippen molar-refractivity contribution < 1.29 is 70.6 Å². The molecule has 5 rings (SSSR count). The van der Waals surface area contributed by atoms with Gasteiger partial charge in [-0.05, 0) is 10.1 Å². The van der Waals surface area contributed by atoms with Crippen molar-refractivity contribution in [2.75, 3.05) is 12.3 Å². The van der Waals surface area contributed by atoms with Crippen molar-refractivity contribution in [1.82, 2.24) is 19.5 Å². The highest BCUT2D eigenvalue weighted by molar-refractivity contribution is 7.68. The van der Waals surface area contributed by atoms with Crippen LogP contribution in [0.25, 0.3) is 11.2 Å². The number of aromatic nitrogens is 4. The van der Waals surface area contributed by atoms with Crippen LogP contribution in [0.4, 0.5) is 5.82 Å². The molecular formula is C10H12N5O15P3. The molecule has 2 aromatic heterocycles. The number of fused-ring (bicyclic) bond motifs is 1. The maximum absolute atomic E-state index is 12.5. The predicted molar refractivity (Wildman–Crippen MR) is 93.1 cm³/mol. The lowest BCUT2D eigenvalue weighted by atomic mass is 10.1. The van der Waals surface area contributed by atoms with Crippen LogP contribution in [0.3, 0.4) is 0 Å². The van der Waals surface area contributed by atoms with Crippen LogP contribution >= 0.6 is 23.5 Å². The number of aliphatic hydroxyl groups excluding tert-OH is 2. The molecule has 0 aromatic carbocycles. The Morgan fingerprint density at radius 2 is 1.70 bits per heavy atom. The molecule has 0 saturated carbocycles. The molecule has 4 N–H and O–H groups in total. The van der Waals surface area contributed by atoms with Crippen molar-refractivity contribution in [3.63, 3.8) is 0 Å². The summed E-state index contributed by atoms with van der Waals surface area (Å²) in [5.74, 6) is 0.0804. The van der Waals surface area contributed by atoms with E-state index in [1.165, 1.54) is 17.2 Å². The molecule has 3 saturated heterocycles. The van der Waals surface area contributed by atoms with E-state index in [0.717, 1.165) is 0 Å². The molecule has 5 heterocycles. The highest BCUT2D eigenvalue weighted by Gasteiger charge is 2.57. The number of nitrogen functional groups attached to an aromatic ring is 1. The number of nitrogens with two attached hydrogens (primary N) is 1. The fourth-order valence-corrected chi connectivity index (χ4v) is 6.73. The predicted octanol–water partition coefficient (Wildman–Crippen LogP) is 0.189. The fourth-order valence-electron chi connectivity index (χ4n) is 2.86. The van der Waals surface area contributed by atoms with E-state index in [9.17, 15) is 23.9 Å². The fraction of sp³-hybridized carbons (Fsp3) is 0.500.